The number of nitrogen functional groups attached to an aromatic ring is 2. The Morgan fingerprint density at radius 1 is 1.16 bits per heavy atom. The van der Waals surface area contributed by atoms with Gasteiger partial charge in [0.2, 0.25) is 0 Å². The van der Waals surface area contributed by atoms with Crippen LogP contribution >= 0.6 is 0 Å². The second kappa shape index (κ2) is 8.40. The number of hydrogen-bond donors (Lipinski definition) is 3. The third kappa shape index (κ3) is 5.64. The number of amidine groups is 1. The molecule has 0 spiro atoms. The van der Waals surface area contributed by atoms with Crippen molar-refractivity contribution in [1.29, 1.82) is 5.41 Å². The van der Waals surface area contributed by atoms with Gasteiger partial charge < -0.3 is 16.2 Å². The van der Waals surface area contributed by atoms with Crippen LogP contribution in [0.4, 0.5) is 5.69 Å². The first-order chi connectivity index (χ1) is 9.15. The van der Waals surface area contributed by atoms with Gasteiger partial charge in [-0.15, -0.1) is 0 Å². The van der Waals surface area contributed by atoms with E-state index in [1.165, 1.54) is 32.1 Å². The van der Waals surface area contributed by atoms with Crippen LogP contribution in [0.25, 0.3) is 0 Å². The Bertz CT molecular complexity index is 404. The maximum absolute atomic E-state index is 7.51. The number of nitrogens with two attached hydrogens (primary N) is 2. The Balaban J connectivity index is 2.35. The topological polar surface area (TPSA) is 85.1 Å². The van der Waals surface area contributed by atoms with Crippen molar-refractivity contribution < 1.29 is 4.74 Å². The SMILES string of the molecule is CCCCCCCCOc1ccc(N)cc1C(=N)N. The van der Waals surface area contributed by atoms with Gasteiger partial charge in [-0.25, -0.2) is 0 Å². The first kappa shape index (κ1) is 15.3. The third-order valence-corrected chi connectivity index (χ3v) is 3.05. The Morgan fingerprint density at radius 3 is 2.53 bits per heavy atom. The van der Waals surface area contributed by atoms with Crippen LogP contribution in [-0.2, 0) is 0 Å². The van der Waals surface area contributed by atoms with Crippen LogP contribution in [0.2, 0.25) is 0 Å². The zero-order valence-electron chi connectivity index (χ0n) is 11.7. The summed E-state index contributed by atoms with van der Waals surface area (Å²) in [7, 11) is 0. The number of ether oxygens (including phenoxy) is 1. The molecule has 0 atom stereocenters. The molecule has 0 saturated carbocycles. The van der Waals surface area contributed by atoms with E-state index < -0.39 is 0 Å². The predicted molar refractivity (Wildman–Crippen MR) is 80.7 cm³/mol. The number of nitrogens with one attached hydrogen (secondary N) is 1. The van der Waals surface area contributed by atoms with Gasteiger partial charge in [0.05, 0.1) is 12.2 Å². The lowest BCUT2D eigenvalue weighted by atomic mass is 10.1. The molecule has 0 saturated heterocycles. The first-order valence-corrected chi connectivity index (χ1v) is 7.02. The molecule has 1 aromatic rings. The normalized spacial score (nSPS) is 10.4. The van der Waals surface area contributed by atoms with E-state index in [1.807, 2.05) is 0 Å². The van der Waals surface area contributed by atoms with Gasteiger partial charge >= 0.3 is 0 Å². The molecule has 19 heavy (non-hydrogen) atoms. The lowest BCUT2D eigenvalue weighted by Gasteiger charge is -2.11. The molecule has 106 valence electrons. The molecule has 0 aliphatic heterocycles. The van der Waals surface area contributed by atoms with Crippen LogP contribution in [0.1, 0.15) is 51.0 Å². The summed E-state index contributed by atoms with van der Waals surface area (Å²) in [5, 5.41) is 7.51. The van der Waals surface area contributed by atoms with Crippen molar-refractivity contribution in [1.82, 2.24) is 0 Å². The maximum Gasteiger partial charge on any atom is 0.130 e. The van der Waals surface area contributed by atoms with Gasteiger partial charge in [0.1, 0.15) is 11.6 Å². The van der Waals surface area contributed by atoms with Gasteiger partial charge in [-0.05, 0) is 24.6 Å². The summed E-state index contributed by atoms with van der Waals surface area (Å²) in [5.41, 5.74) is 12.4. The molecule has 0 aliphatic carbocycles. The Morgan fingerprint density at radius 2 is 1.84 bits per heavy atom. The molecular formula is C15H25N3O. The molecule has 0 heterocycles. The van der Waals surface area contributed by atoms with E-state index in [2.05, 4.69) is 6.92 Å². The van der Waals surface area contributed by atoms with E-state index in [0.29, 0.717) is 23.6 Å². The highest BCUT2D eigenvalue weighted by Crippen LogP contribution is 2.21. The second-order valence-electron chi connectivity index (χ2n) is 4.79. The number of rotatable bonds is 9. The van der Waals surface area contributed by atoms with Gasteiger partial charge in [0, 0.05) is 5.69 Å². The molecule has 4 nitrogen and oxygen atoms in total. The van der Waals surface area contributed by atoms with Crippen LogP contribution in [0.3, 0.4) is 0 Å². The van der Waals surface area contributed by atoms with Crippen LogP contribution in [-0.4, -0.2) is 12.4 Å². The summed E-state index contributed by atoms with van der Waals surface area (Å²) in [6.45, 7) is 2.88. The minimum absolute atomic E-state index is 0.00903. The molecule has 1 rings (SSSR count). The van der Waals surface area contributed by atoms with Crippen molar-refractivity contribution >= 4 is 11.5 Å². The molecule has 0 radical (unpaired) electrons. The van der Waals surface area contributed by atoms with Crippen molar-refractivity contribution in [3.05, 3.63) is 23.8 Å². The highest BCUT2D eigenvalue weighted by atomic mass is 16.5. The molecule has 0 amide bonds. The monoisotopic (exact) mass is 263 g/mol. The molecule has 0 aromatic heterocycles. The van der Waals surface area contributed by atoms with Crippen molar-refractivity contribution in [2.24, 2.45) is 5.73 Å². The molecule has 1 aromatic carbocycles. The summed E-state index contributed by atoms with van der Waals surface area (Å²) in [5.74, 6) is 0.639. The van der Waals surface area contributed by atoms with Crippen LogP contribution in [0, 0.1) is 5.41 Å². The van der Waals surface area contributed by atoms with Gasteiger partial charge in [0.15, 0.2) is 0 Å². The Labute approximate surface area is 115 Å². The predicted octanol–water partition coefficient (Wildman–Crippen LogP) is 3.29. The molecule has 0 fully saturated rings. The van der Waals surface area contributed by atoms with E-state index in [9.17, 15) is 0 Å². The number of unbranched alkanes of at least 4 members (excludes halogenated alkanes) is 5. The van der Waals surface area contributed by atoms with E-state index in [4.69, 9.17) is 21.6 Å². The smallest absolute Gasteiger partial charge is 0.130 e. The highest BCUT2D eigenvalue weighted by molar-refractivity contribution is 5.98. The van der Waals surface area contributed by atoms with Crippen molar-refractivity contribution in [3.8, 4) is 5.75 Å². The van der Waals surface area contributed by atoms with E-state index >= 15 is 0 Å². The molecule has 5 N–H and O–H groups in total. The van der Waals surface area contributed by atoms with E-state index in [0.717, 1.165) is 6.42 Å². The molecule has 4 heteroatoms. The van der Waals surface area contributed by atoms with E-state index in [-0.39, 0.29) is 5.84 Å². The summed E-state index contributed by atoms with van der Waals surface area (Å²) in [6.07, 6.45) is 7.36. The average Bonchev–Trinajstić information content (AvgIpc) is 2.39. The number of benzene rings is 1. The summed E-state index contributed by atoms with van der Waals surface area (Å²) in [6, 6.07) is 5.23. The minimum atomic E-state index is -0.00903. The van der Waals surface area contributed by atoms with Gasteiger partial charge in [-0.3, -0.25) is 5.41 Å². The van der Waals surface area contributed by atoms with Crippen molar-refractivity contribution in [2.75, 3.05) is 12.3 Å². The Kier molecular flexibility index (Phi) is 6.79. The quantitative estimate of drug-likeness (QED) is 0.276. The lowest BCUT2D eigenvalue weighted by Crippen LogP contribution is -2.14. The molecule has 0 unspecified atom stereocenters. The van der Waals surface area contributed by atoms with Crippen LogP contribution in [0.5, 0.6) is 5.75 Å². The summed E-state index contributed by atoms with van der Waals surface area (Å²) < 4.78 is 5.68. The standard InChI is InChI=1S/C15H25N3O/c1-2-3-4-5-6-7-10-19-14-9-8-12(16)11-13(14)15(17)18/h8-9,11H,2-7,10,16H2,1H3,(H3,17,18). The van der Waals surface area contributed by atoms with Gasteiger partial charge in [-0.1, -0.05) is 39.0 Å². The zero-order valence-corrected chi connectivity index (χ0v) is 11.7. The third-order valence-electron chi connectivity index (χ3n) is 3.05. The van der Waals surface area contributed by atoms with Gasteiger partial charge in [0.25, 0.3) is 0 Å². The van der Waals surface area contributed by atoms with Crippen LogP contribution < -0.4 is 16.2 Å². The molecule has 0 aliphatic rings. The Hall–Kier alpha value is -1.71. The highest BCUT2D eigenvalue weighted by Gasteiger charge is 2.07. The fourth-order valence-electron chi connectivity index (χ4n) is 1.95. The number of anilines is 1. The van der Waals surface area contributed by atoms with Gasteiger partial charge in [-0.2, -0.15) is 0 Å². The lowest BCUT2D eigenvalue weighted by molar-refractivity contribution is 0.304. The van der Waals surface area contributed by atoms with Crippen LogP contribution in [0.15, 0.2) is 18.2 Å². The largest absolute Gasteiger partial charge is 0.493 e. The van der Waals surface area contributed by atoms with Crippen molar-refractivity contribution in [2.45, 2.75) is 45.4 Å². The minimum Gasteiger partial charge on any atom is -0.493 e. The maximum atomic E-state index is 7.51. The molecular weight excluding hydrogens is 238 g/mol. The zero-order chi connectivity index (χ0) is 14.1. The number of hydrogen-bond acceptors (Lipinski definition) is 3. The second-order valence-corrected chi connectivity index (χ2v) is 4.79. The average molecular weight is 263 g/mol. The van der Waals surface area contributed by atoms with E-state index in [1.54, 1.807) is 18.2 Å². The fraction of sp³-hybridized carbons (Fsp3) is 0.533. The fourth-order valence-corrected chi connectivity index (χ4v) is 1.95. The summed E-state index contributed by atoms with van der Waals surface area (Å²) in [4.78, 5) is 0. The first-order valence-electron chi connectivity index (χ1n) is 7.02. The molecule has 0 bridgehead atoms. The summed E-state index contributed by atoms with van der Waals surface area (Å²) >= 11 is 0. The van der Waals surface area contributed by atoms with Crippen molar-refractivity contribution in [3.63, 3.8) is 0 Å².